The van der Waals surface area contributed by atoms with Crippen LogP contribution < -0.4 is 11.1 Å². The molecule has 1 rings (SSSR count). The SMILES string of the molecule is NC(=S)Nc1c(F)c(F)cc(F)c1F. The molecular weight excluding hydrogens is 220 g/mol. The lowest BCUT2D eigenvalue weighted by molar-refractivity contribution is 0.459. The average Bonchev–Trinajstić information content (AvgIpc) is 2.09. The Labute approximate surface area is 81.7 Å². The highest BCUT2D eigenvalue weighted by Crippen LogP contribution is 2.23. The Hall–Kier alpha value is -1.37. The number of hydrogen-bond donors (Lipinski definition) is 2. The van der Waals surface area contributed by atoms with Crippen LogP contribution in [0.25, 0.3) is 0 Å². The van der Waals surface area contributed by atoms with Crippen molar-refractivity contribution in [3.05, 3.63) is 29.3 Å². The van der Waals surface area contributed by atoms with Gasteiger partial charge in [-0.3, -0.25) is 0 Å². The van der Waals surface area contributed by atoms with Crippen LogP contribution in [0.1, 0.15) is 0 Å². The van der Waals surface area contributed by atoms with Gasteiger partial charge in [-0.15, -0.1) is 0 Å². The summed E-state index contributed by atoms with van der Waals surface area (Å²) in [5, 5.41) is 1.31. The van der Waals surface area contributed by atoms with E-state index in [2.05, 4.69) is 12.2 Å². The van der Waals surface area contributed by atoms with Crippen LogP contribution in [-0.2, 0) is 0 Å². The van der Waals surface area contributed by atoms with Gasteiger partial charge < -0.3 is 11.1 Å². The van der Waals surface area contributed by atoms with Crippen LogP contribution in [0.15, 0.2) is 6.07 Å². The van der Waals surface area contributed by atoms with E-state index in [1.807, 2.05) is 0 Å². The zero-order valence-corrected chi connectivity index (χ0v) is 7.39. The van der Waals surface area contributed by atoms with E-state index in [1.165, 1.54) is 0 Å². The minimum absolute atomic E-state index is 0.0927. The topological polar surface area (TPSA) is 38.0 Å². The van der Waals surface area contributed by atoms with E-state index < -0.39 is 34.1 Å². The van der Waals surface area contributed by atoms with Crippen molar-refractivity contribution < 1.29 is 17.6 Å². The van der Waals surface area contributed by atoms with Crippen LogP contribution >= 0.6 is 12.2 Å². The smallest absolute Gasteiger partial charge is 0.185 e. The first-order chi connectivity index (χ1) is 6.43. The zero-order valence-electron chi connectivity index (χ0n) is 6.57. The largest absolute Gasteiger partial charge is 0.376 e. The van der Waals surface area contributed by atoms with Gasteiger partial charge in [-0.2, -0.15) is 0 Å². The van der Waals surface area contributed by atoms with Gasteiger partial charge in [0.1, 0.15) is 5.69 Å². The van der Waals surface area contributed by atoms with Gasteiger partial charge in [0.25, 0.3) is 0 Å². The molecule has 0 saturated carbocycles. The summed E-state index contributed by atoms with van der Waals surface area (Å²) >= 11 is 4.27. The molecule has 0 aromatic heterocycles. The lowest BCUT2D eigenvalue weighted by atomic mass is 10.2. The number of hydrogen-bond acceptors (Lipinski definition) is 1. The summed E-state index contributed by atoms with van der Waals surface area (Å²) in [7, 11) is 0. The van der Waals surface area contributed by atoms with Gasteiger partial charge in [-0.05, 0) is 12.2 Å². The molecule has 0 atom stereocenters. The standard InChI is InChI=1S/C7H4F4N2S/c8-2-1-3(9)5(11)6(4(2)10)13-7(12)14/h1H,(H3,12,13,14). The number of halogens is 4. The van der Waals surface area contributed by atoms with Crippen LogP contribution in [0.3, 0.4) is 0 Å². The molecule has 14 heavy (non-hydrogen) atoms. The molecule has 0 aliphatic carbocycles. The number of benzene rings is 1. The summed E-state index contributed by atoms with van der Waals surface area (Å²) in [5.74, 6) is -6.20. The summed E-state index contributed by atoms with van der Waals surface area (Å²) in [6.07, 6.45) is 0. The Kier molecular flexibility index (Phi) is 2.90. The molecule has 1 aromatic carbocycles. The monoisotopic (exact) mass is 224 g/mol. The zero-order chi connectivity index (χ0) is 10.9. The van der Waals surface area contributed by atoms with E-state index in [4.69, 9.17) is 5.73 Å². The number of nitrogens with one attached hydrogen (secondary N) is 1. The van der Waals surface area contributed by atoms with Crippen molar-refractivity contribution in [2.45, 2.75) is 0 Å². The molecular formula is C7H4F4N2S. The number of nitrogens with two attached hydrogens (primary N) is 1. The van der Waals surface area contributed by atoms with Crippen LogP contribution in [0.4, 0.5) is 23.2 Å². The molecule has 1 aromatic rings. The molecule has 0 saturated heterocycles. The lowest BCUT2D eigenvalue weighted by Crippen LogP contribution is -2.21. The number of anilines is 1. The van der Waals surface area contributed by atoms with Crippen LogP contribution in [0.2, 0.25) is 0 Å². The summed E-state index contributed by atoms with van der Waals surface area (Å²) in [6.45, 7) is 0. The lowest BCUT2D eigenvalue weighted by Gasteiger charge is -2.07. The molecule has 7 heteroatoms. The molecule has 0 aliphatic heterocycles. The third kappa shape index (κ3) is 1.92. The van der Waals surface area contributed by atoms with E-state index in [1.54, 1.807) is 5.32 Å². The maximum Gasteiger partial charge on any atom is 0.185 e. The third-order valence-corrected chi connectivity index (χ3v) is 1.46. The second kappa shape index (κ2) is 3.79. The fourth-order valence-electron chi connectivity index (χ4n) is 0.806. The Morgan fingerprint density at radius 3 is 1.93 bits per heavy atom. The molecule has 2 nitrogen and oxygen atoms in total. The van der Waals surface area contributed by atoms with Crippen molar-refractivity contribution in [2.24, 2.45) is 5.73 Å². The van der Waals surface area contributed by atoms with E-state index in [0.29, 0.717) is 0 Å². The molecule has 0 radical (unpaired) electrons. The fourth-order valence-corrected chi connectivity index (χ4v) is 0.908. The van der Waals surface area contributed by atoms with Crippen LogP contribution in [0, 0.1) is 23.3 Å². The highest BCUT2D eigenvalue weighted by Gasteiger charge is 2.19. The van der Waals surface area contributed by atoms with Crippen molar-refractivity contribution >= 4 is 23.0 Å². The Balaban J connectivity index is 3.31. The minimum Gasteiger partial charge on any atom is -0.376 e. The van der Waals surface area contributed by atoms with E-state index in [0.717, 1.165) is 0 Å². The maximum atomic E-state index is 12.8. The summed E-state index contributed by atoms with van der Waals surface area (Å²) in [4.78, 5) is 0. The van der Waals surface area contributed by atoms with Gasteiger partial charge in [-0.1, -0.05) is 0 Å². The molecule has 3 N–H and O–H groups in total. The van der Waals surface area contributed by atoms with Gasteiger partial charge >= 0.3 is 0 Å². The predicted octanol–water partition coefficient (Wildman–Crippen LogP) is 1.90. The average molecular weight is 224 g/mol. The quantitative estimate of drug-likeness (QED) is 0.434. The molecule has 0 amide bonds. The maximum absolute atomic E-state index is 12.8. The molecule has 0 heterocycles. The fraction of sp³-hybridized carbons (Fsp3) is 0. The number of thiocarbonyl (C=S) groups is 1. The van der Waals surface area contributed by atoms with Gasteiger partial charge in [0.05, 0.1) is 0 Å². The first kappa shape index (κ1) is 10.7. The number of rotatable bonds is 1. The third-order valence-electron chi connectivity index (χ3n) is 1.36. The van der Waals surface area contributed by atoms with Gasteiger partial charge in [0.2, 0.25) is 0 Å². The molecule has 0 aliphatic rings. The highest BCUT2D eigenvalue weighted by atomic mass is 32.1. The van der Waals surface area contributed by atoms with Gasteiger partial charge in [0.15, 0.2) is 28.4 Å². The molecule has 0 fully saturated rings. The molecule has 76 valence electrons. The molecule has 0 unspecified atom stereocenters. The van der Waals surface area contributed by atoms with Gasteiger partial charge in [-0.25, -0.2) is 17.6 Å². The van der Waals surface area contributed by atoms with Crippen molar-refractivity contribution in [3.63, 3.8) is 0 Å². The second-order valence-electron chi connectivity index (χ2n) is 2.33. The first-order valence-electron chi connectivity index (χ1n) is 3.33. The highest BCUT2D eigenvalue weighted by molar-refractivity contribution is 7.80. The van der Waals surface area contributed by atoms with Crippen LogP contribution in [-0.4, -0.2) is 5.11 Å². The Morgan fingerprint density at radius 2 is 1.57 bits per heavy atom. The minimum atomic E-state index is -1.57. The van der Waals surface area contributed by atoms with Crippen molar-refractivity contribution in [1.82, 2.24) is 0 Å². The first-order valence-corrected chi connectivity index (χ1v) is 3.73. The van der Waals surface area contributed by atoms with Crippen molar-refractivity contribution in [1.29, 1.82) is 0 Å². The van der Waals surface area contributed by atoms with Crippen molar-refractivity contribution in [3.8, 4) is 0 Å². The van der Waals surface area contributed by atoms with Gasteiger partial charge in [0, 0.05) is 6.07 Å². The van der Waals surface area contributed by atoms with E-state index >= 15 is 0 Å². The van der Waals surface area contributed by atoms with E-state index in [9.17, 15) is 17.6 Å². The summed E-state index contributed by atoms with van der Waals surface area (Å²) in [5.41, 5.74) is 3.87. The van der Waals surface area contributed by atoms with E-state index in [-0.39, 0.29) is 6.07 Å². The second-order valence-corrected chi connectivity index (χ2v) is 2.77. The predicted molar refractivity (Wildman–Crippen MR) is 46.7 cm³/mol. The Bertz CT molecular complexity index is 368. The Morgan fingerprint density at radius 1 is 1.14 bits per heavy atom. The summed E-state index contributed by atoms with van der Waals surface area (Å²) in [6, 6.07) is 0.0927. The summed E-state index contributed by atoms with van der Waals surface area (Å²) < 4.78 is 50.8. The normalized spacial score (nSPS) is 10.0. The van der Waals surface area contributed by atoms with Crippen LogP contribution in [0.5, 0.6) is 0 Å². The van der Waals surface area contributed by atoms with Crippen molar-refractivity contribution in [2.75, 3.05) is 5.32 Å². The molecule has 0 bridgehead atoms. The molecule has 0 spiro atoms.